The van der Waals surface area contributed by atoms with Gasteiger partial charge in [0, 0.05) is 37.5 Å². The lowest BCUT2D eigenvalue weighted by molar-refractivity contribution is 0.239. The summed E-state index contributed by atoms with van der Waals surface area (Å²) >= 11 is 0. The smallest absolute Gasteiger partial charge is 0.213 e. The number of nitriles is 1. The summed E-state index contributed by atoms with van der Waals surface area (Å²) < 4.78 is 5.76. The van der Waals surface area contributed by atoms with E-state index in [0.29, 0.717) is 18.1 Å². The molecule has 2 aromatic rings. The van der Waals surface area contributed by atoms with Crippen molar-refractivity contribution < 1.29 is 4.74 Å². The molecule has 1 N–H and O–H groups in total. The lowest BCUT2D eigenvalue weighted by atomic mass is 10.1. The first-order chi connectivity index (χ1) is 12.3. The predicted molar refractivity (Wildman–Crippen MR) is 98.4 cm³/mol. The molecule has 3 rings (SSSR count). The maximum atomic E-state index is 8.85. The van der Waals surface area contributed by atoms with E-state index in [9.17, 15) is 0 Å². The molecule has 1 aromatic heterocycles. The van der Waals surface area contributed by atoms with E-state index < -0.39 is 0 Å². The highest BCUT2D eigenvalue weighted by Gasteiger charge is 2.08. The van der Waals surface area contributed by atoms with Crippen molar-refractivity contribution in [2.24, 2.45) is 0 Å². The number of benzene rings is 1. The maximum absolute atomic E-state index is 8.85. The summed E-state index contributed by atoms with van der Waals surface area (Å²) in [6.07, 6.45) is 4.05. The quantitative estimate of drug-likeness (QED) is 0.822. The number of aromatic nitrogens is 1. The molecule has 5 nitrogen and oxygen atoms in total. The van der Waals surface area contributed by atoms with Gasteiger partial charge in [-0.3, -0.25) is 0 Å². The maximum Gasteiger partial charge on any atom is 0.213 e. The lowest BCUT2D eigenvalue weighted by Gasteiger charge is -2.19. The first kappa shape index (κ1) is 17.4. The molecule has 0 radical (unpaired) electrons. The monoisotopic (exact) mass is 336 g/mol. The average Bonchev–Trinajstić information content (AvgIpc) is 2.95. The molecule has 1 aliphatic rings. The van der Waals surface area contributed by atoms with Crippen molar-refractivity contribution in [1.82, 2.24) is 15.2 Å². The fraction of sp³-hybridized carbons (Fsp3) is 0.400. The molecule has 2 heterocycles. The highest BCUT2D eigenvalue weighted by molar-refractivity contribution is 5.63. The van der Waals surface area contributed by atoms with Gasteiger partial charge in [-0.1, -0.05) is 12.1 Å². The highest BCUT2D eigenvalue weighted by atomic mass is 16.5. The van der Waals surface area contributed by atoms with Crippen molar-refractivity contribution in [3.8, 4) is 23.1 Å². The molecule has 1 saturated heterocycles. The molecule has 0 bridgehead atoms. The van der Waals surface area contributed by atoms with Gasteiger partial charge in [0.2, 0.25) is 5.88 Å². The molecule has 0 atom stereocenters. The van der Waals surface area contributed by atoms with E-state index >= 15 is 0 Å². The molecule has 130 valence electrons. The van der Waals surface area contributed by atoms with Crippen molar-refractivity contribution in [2.45, 2.75) is 12.8 Å². The molecule has 1 fully saturated rings. The Hall–Kier alpha value is -2.42. The summed E-state index contributed by atoms with van der Waals surface area (Å²) in [7, 11) is 0. The lowest BCUT2D eigenvalue weighted by Crippen LogP contribution is -2.29. The van der Waals surface area contributed by atoms with Crippen molar-refractivity contribution in [3.63, 3.8) is 0 Å². The summed E-state index contributed by atoms with van der Waals surface area (Å²) in [6.45, 7) is 6.27. The molecule has 5 heteroatoms. The Morgan fingerprint density at radius 3 is 2.68 bits per heavy atom. The molecule has 0 aliphatic carbocycles. The van der Waals surface area contributed by atoms with Crippen LogP contribution in [0.4, 0.5) is 0 Å². The third kappa shape index (κ3) is 5.28. The first-order valence-corrected chi connectivity index (χ1v) is 8.87. The minimum atomic E-state index is 0.662. The molecule has 0 spiro atoms. The van der Waals surface area contributed by atoms with Gasteiger partial charge in [0.15, 0.2) is 0 Å². The summed E-state index contributed by atoms with van der Waals surface area (Å²) in [5.41, 5.74) is 2.73. The van der Waals surface area contributed by atoms with E-state index in [4.69, 9.17) is 10.00 Å². The van der Waals surface area contributed by atoms with Crippen LogP contribution in [0.3, 0.4) is 0 Å². The Bertz CT molecular complexity index is 683. The normalized spacial score (nSPS) is 15.3. The second-order valence-electron chi connectivity index (χ2n) is 6.22. The van der Waals surface area contributed by atoms with E-state index in [1.54, 1.807) is 0 Å². The van der Waals surface area contributed by atoms with Crippen LogP contribution in [0.2, 0.25) is 0 Å². The fourth-order valence-corrected chi connectivity index (χ4v) is 2.96. The van der Waals surface area contributed by atoms with Gasteiger partial charge in [-0.15, -0.1) is 0 Å². The molecule has 0 amide bonds. The molecule has 1 aromatic carbocycles. The second-order valence-corrected chi connectivity index (χ2v) is 6.22. The van der Waals surface area contributed by atoms with Crippen LogP contribution in [0.1, 0.15) is 18.4 Å². The zero-order valence-electron chi connectivity index (χ0n) is 14.4. The largest absolute Gasteiger partial charge is 0.478 e. The predicted octanol–water partition coefficient (Wildman–Crippen LogP) is 2.68. The Morgan fingerprint density at radius 1 is 1.08 bits per heavy atom. The molecular weight excluding hydrogens is 312 g/mol. The summed E-state index contributed by atoms with van der Waals surface area (Å²) in [5, 5.41) is 12.3. The molecule has 25 heavy (non-hydrogen) atoms. The van der Waals surface area contributed by atoms with Crippen molar-refractivity contribution in [2.75, 3.05) is 39.3 Å². The third-order valence-electron chi connectivity index (χ3n) is 4.39. The van der Waals surface area contributed by atoms with Gasteiger partial charge in [0.25, 0.3) is 0 Å². The van der Waals surface area contributed by atoms with Gasteiger partial charge in [0.05, 0.1) is 18.2 Å². The Balaban J connectivity index is 1.45. The molecular formula is C20H24N4O. The fourth-order valence-electron chi connectivity index (χ4n) is 2.96. The second kappa shape index (κ2) is 9.16. The number of hydrogen-bond acceptors (Lipinski definition) is 5. The number of pyridine rings is 1. The van der Waals surface area contributed by atoms with E-state index in [2.05, 4.69) is 21.3 Å². The van der Waals surface area contributed by atoms with Crippen LogP contribution < -0.4 is 10.1 Å². The van der Waals surface area contributed by atoms with Crippen LogP contribution in [0.25, 0.3) is 11.1 Å². The average molecular weight is 336 g/mol. The molecule has 0 saturated carbocycles. The van der Waals surface area contributed by atoms with E-state index in [-0.39, 0.29) is 0 Å². The minimum absolute atomic E-state index is 0.662. The first-order valence-electron chi connectivity index (χ1n) is 8.87. The summed E-state index contributed by atoms with van der Waals surface area (Å²) in [6, 6.07) is 13.5. The number of nitrogens with one attached hydrogen (secondary N) is 1. The van der Waals surface area contributed by atoms with Gasteiger partial charge in [0.1, 0.15) is 0 Å². The Kier molecular flexibility index (Phi) is 6.38. The summed E-state index contributed by atoms with van der Waals surface area (Å²) in [4.78, 5) is 6.88. The van der Waals surface area contributed by atoms with Crippen LogP contribution >= 0.6 is 0 Å². The van der Waals surface area contributed by atoms with Gasteiger partial charge < -0.3 is 15.0 Å². The number of ether oxygens (including phenoxy) is 1. The third-order valence-corrected chi connectivity index (χ3v) is 4.39. The highest BCUT2D eigenvalue weighted by Crippen LogP contribution is 2.20. The zero-order valence-corrected chi connectivity index (χ0v) is 14.4. The number of hydrogen-bond donors (Lipinski definition) is 1. The van der Waals surface area contributed by atoms with Gasteiger partial charge in [-0.25, -0.2) is 4.98 Å². The van der Waals surface area contributed by atoms with Crippen LogP contribution in [-0.2, 0) is 0 Å². The zero-order chi connectivity index (χ0) is 17.3. The van der Waals surface area contributed by atoms with Crippen LogP contribution in [0.5, 0.6) is 5.88 Å². The van der Waals surface area contributed by atoms with E-state index in [0.717, 1.165) is 43.7 Å². The number of nitrogens with zero attached hydrogens (tertiary/aromatic N) is 3. The minimum Gasteiger partial charge on any atom is -0.478 e. The number of rotatable bonds is 6. The van der Waals surface area contributed by atoms with Crippen LogP contribution in [0, 0.1) is 11.3 Å². The molecule has 1 aliphatic heterocycles. The van der Waals surface area contributed by atoms with Crippen molar-refractivity contribution >= 4 is 0 Å². The van der Waals surface area contributed by atoms with Gasteiger partial charge in [-0.05, 0) is 49.7 Å². The van der Waals surface area contributed by atoms with Gasteiger partial charge in [-0.2, -0.15) is 5.26 Å². The molecule has 0 unspecified atom stereocenters. The Morgan fingerprint density at radius 2 is 1.92 bits per heavy atom. The summed E-state index contributed by atoms with van der Waals surface area (Å²) in [5.74, 6) is 0.662. The van der Waals surface area contributed by atoms with E-state index in [1.807, 2.05) is 42.6 Å². The SMILES string of the molecule is N#Cc1ccc(-c2ccc(OCCCN3CCCNCC3)nc2)cc1. The van der Waals surface area contributed by atoms with Crippen LogP contribution in [-0.4, -0.2) is 49.2 Å². The van der Waals surface area contributed by atoms with Crippen LogP contribution in [0.15, 0.2) is 42.6 Å². The van der Waals surface area contributed by atoms with Crippen molar-refractivity contribution in [1.29, 1.82) is 5.26 Å². The van der Waals surface area contributed by atoms with Gasteiger partial charge >= 0.3 is 0 Å². The standard InChI is InChI=1S/C20H24N4O/c21-15-17-3-5-18(6-4-17)19-7-8-20(23-16-19)25-14-2-12-24-11-1-9-22-10-13-24/h3-8,16,22H,1-2,9-14H2. The van der Waals surface area contributed by atoms with E-state index in [1.165, 1.54) is 13.0 Å². The topological polar surface area (TPSA) is 61.2 Å². The Labute approximate surface area is 149 Å². The van der Waals surface area contributed by atoms with Crippen molar-refractivity contribution in [3.05, 3.63) is 48.2 Å².